The second kappa shape index (κ2) is 6.03. The van der Waals surface area contributed by atoms with E-state index in [9.17, 15) is 13.2 Å². The third-order valence-corrected chi connectivity index (χ3v) is 4.39. The largest absolute Gasteiger partial charge is 0.399 e. The minimum absolute atomic E-state index is 0.167. The van der Waals surface area contributed by atoms with Gasteiger partial charge in [-0.3, -0.25) is 4.79 Å². The average Bonchev–Trinajstić information content (AvgIpc) is 2.22. The molecule has 118 valence electrons. The Morgan fingerprint density at radius 2 is 1.67 bits per heavy atom. The van der Waals surface area contributed by atoms with Gasteiger partial charge in [0, 0.05) is 11.2 Å². The first kappa shape index (κ1) is 17.5. The summed E-state index contributed by atoms with van der Waals surface area (Å²) in [5.74, 6) is -0.378. The van der Waals surface area contributed by atoms with Gasteiger partial charge in [-0.1, -0.05) is 0 Å². The van der Waals surface area contributed by atoms with Gasteiger partial charge in [-0.15, -0.1) is 0 Å². The first-order valence-electron chi connectivity index (χ1n) is 6.60. The number of nitrogens with one attached hydrogen (secondary N) is 2. The van der Waals surface area contributed by atoms with E-state index >= 15 is 0 Å². The highest BCUT2D eigenvalue weighted by atomic mass is 32.2. The van der Waals surface area contributed by atoms with E-state index in [1.807, 2.05) is 20.8 Å². The number of amides is 1. The summed E-state index contributed by atoms with van der Waals surface area (Å²) >= 11 is 0. The number of nitrogen functional groups attached to an aromatic ring is 1. The number of carbonyl (C=O) groups excluding carboxylic acids is 1. The van der Waals surface area contributed by atoms with Crippen LogP contribution in [0, 0.1) is 13.8 Å². The molecule has 0 saturated carbocycles. The zero-order valence-corrected chi connectivity index (χ0v) is 13.9. The van der Waals surface area contributed by atoms with E-state index in [-0.39, 0.29) is 17.3 Å². The Hall–Kier alpha value is -1.60. The van der Waals surface area contributed by atoms with Crippen LogP contribution in [0.2, 0.25) is 0 Å². The summed E-state index contributed by atoms with van der Waals surface area (Å²) in [6, 6.07) is 3.19. The van der Waals surface area contributed by atoms with Crippen molar-refractivity contribution in [2.75, 3.05) is 12.3 Å². The molecule has 0 spiro atoms. The number of aryl methyl sites for hydroxylation is 2. The van der Waals surface area contributed by atoms with Crippen molar-refractivity contribution < 1.29 is 13.2 Å². The number of rotatable bonds is 4. The summed E-state index contributed by atoms with van der Waals surface area (Å²) < 4.78 is 27.0. The lowest BCUT2D eigenvalue weighted by molar-refractivity contribution is -0.121. The van der Waals surface area contributed by atoms with Gasteiger partial charge in [0.1, 0.15) is 0 Å². The van der Waals surface area contributed by atoms with Gasteiger partial charge in [0.15, 0.2) is 0 Å². The minimum Gasteiger partial charge on any atom is -0.399 e. The molecule has 0 heterocycles. The summed E-state index contributed by atoms with van der Waals surface area (Å²) in [6.07, 6.45) is 0. The van der Waals surface area contributed by atoms with E-state index in [0.717, 1.165) is 0 Å². The van der Waals surface area contributed by atoms with Crippen molar-refractivity contribution in [2.24, 2.45) is 0 Å². The van der Waals surface area contributed by atoms with Crippen molar-refractivity contribution in [3.63, 3.8) is 0 Å². The highest BCUT2D eigenvalue weighted by molar-refractivity contribution is 7.89. The molecule has 0 aromatic heterocycles. The molecule has 0 radical (unpaired) electrons. The van der Waals surface area contributed by atoms with Crippen LogP contribution in [0.1, 0.15) is 31.9 Å². The van der Waals surface area contributed by atoms with Crippen molar-refractivity contribution in [1.29, 1.82) is 0 Å². The Balaban J connectivity index is 2.91. The Bertz CT molecular complexity index is 623. The Kier molecular flexibility index (Phi) is 5.01. The molecule has 0 aliphatic rings. The number of hydrogen-bond donors (Lipinski definition) is 3. The fraction of sp³-hybridized carbons (Fsp3) is 0.500. The molecule has 0 atom stereocenters. The van der Waals surface area contributed by atoms with Gasteiger partial charge in [-0.05, 0) is 57.9 Å². The maximum atomic E-state index is 12.3. The number of anilines is 1. The van der Waals surface area contributed by atoms with Gasteiger partial charge in [0.2, 0.25) is 15.9 Å². The summed E-state index contributed by atoms with van der Waals surface area (Å²) in [5.41, 5.74) is 6.89. The van der Waals surface area contributed by atoms with Gasteiger partial charge in [0.25, 0.3) is 0 Å². The second-order valence-electron chi connectivity index (χ2n) is 6.11. The van der Waals surface area contributed by atoms with E-state index in [1.54, 1.807) is 26.0 Å². The van der Waals surface area contributed by atoms with E-state index < -0.39 is 15.6 Å². The Morgan fingerprint density at radius 3 is 2.10 bits per heavy atom. The Morgan fingerprint density at radius 1 is 1.19 bits per heavy atom. The van der Waals surface area contributed by atoms with Gasteiger partial charge < -0.3 is 11.1 Å². The molecule has 0 aliphatic heterocycles. The fourth-order valence-electron chi connectivity index (χ4n) is 2.10. The molecule has 21 heavy (non-hydrogen) atoms. The van der Waals surface area contributed by atoms with Crippen molar-refractivity contribution in [3.05, 3.63) is 23.3 Å². The quantitative estimate of drug-likeness (QED) is 0.724. The zero-order valence-electron chi connectivity index (χ0n) is 13.1. The first-order valence-corrected chi connectivity index (χ1v) is 8.08. The van der Waals surface area contributed by atoms with Crippen LogP contribution in [-0.2, 0) is 14.8 Å². The number of carbonyl (C=O) groups is 1. The van der Waals surface area contributed by atoms with Crippen LogP contribution in [0.15, 0.2) is 17.0 Å². The summed E-state index contributed by atoms with van der Waals surface area (Å²) in [6.45, 7) is 8.53. The van der Waals surface area contributed by atoms with Crippen molar-refractivity contribution in [2.45, 2.75) is 45.1 Å². The normalized spacial score (nSPS) is 12.2. The highest BCUT2D eigenvalue weighted by Gasteiger charge is 2.22. The van der Waals surface area contributed by atoms with Crippen LogP contribution in [0.3, 0.4) is 0 Å². The fourth-order valence-corrected chi connectivity index (χ4v) is 3.53. The first-order chi connectivity index (χ1) is 9.42. The lowest BCUT2D eigenvalue weighted by Crippen LogP contribution is -2.45. The molecule has 0 unspecified atom stereocenters. The van der Waals surface area contributed by atoms with Gasteiger partial charge in [-0.2, -0.15) is 0 Å². The van der Waals surface area contributed by atoms with E-state index in [2.05, 4.69) is 10.0 Å². The molecule has 1 aromatic carbocycles. The molecule has 6 nitrogen and oxygen atoms in total. The predicted molar refractivity (Wildman–Crippen MR) is 83.4 cm³/mol. The molecule has 0 saturated heterocycles. The van der Waals surface area contributed by atoms with Crippen LogP contribution in [0.25, 0.3) is 0 Å². The summed E-state index contributed by atoms with van der Waals surface area (Å²) in [7, 11) is -3.76. The van der Waals surface area contributed by atoms with Crippen LogP contribution < -0.4 is 15.8 Å². The number of nitrogens with two attached hydrogens (primary N) is 1. The lowest BCUT2D eigenvalue weighted by Gasteiger charge is -2.20. The zero-order chi connectivity index (χ0) is 16.4. The molecule has 1 aromatic rings. The van der Waals surface area contributed by atoms with Crippen molar-refractivity contribution in [3.8, 4) is 0 Å². The van der Waals surface area contributed by atoms with E-state index in [0.29, 0.717) is 16.8 Å². The number of sulfonamides is 1. The number of hydrogen-bond acceptors (Lipinski definition) is 4. The molecule has 0 aliphatic carbocycles. The smallest absolute Gasteiger partial charge is 0.241 e. The lowest BCUT2D eigenvalue weighted by atomic mass is 10.1. The maximum absolute atomic E-state index is 12.3. The van der Waals surface area contributed by atoms with Crippen LogP contribution in [0.5, 0.6) is 0 Å². The summed E-state index contributed by atoms with van der Waals surface area (Å²) in [5, 5.41) is 2.70. The molecule has 0 fully saturated rings. The van der Waals surface area contributed by atoms with Gasteiger partial charge in [0.05, 0.1) is 11.4 Å². The van der Waals surface area contributed by atoms with E-state index in [4.69, 9.17) is 5.73 Å². The van der Waals surface area contributed by atoms with Gasteiger partial charge >= 0.3 is 0 Å². The molecular formula is C14H23N3O3S. The Labute approximate surface area is 126 Å². The van der Waals surface area contributed by atoms with Crippen molar-refractivity contribution in [1.82, 2.24) is 10.0 Å². The monoisotopic (exact) mass is 313 g/mol. The average molecular weight is 313 g/mol. The maximum Gasteiger partial charge on any atom is 0.241 e. The predicted octanol–water partition coefficient (Wildman–Crippen LogP) is 1.08. The highest BCUT2D eigenvalue weighted by Crippen LogP contribution is 2.22. The SMILES string of the molecule is Cc1cc(N)cc(C)c1S(=O)(=O)NCC(=O)NC(C)(C)C. The van der Waals surface area contributed by atoms with Crippen LogP contribution in [-0.4, -0.2) is 26.4 Å². The molecule has 1 rings (SSSR count). The topological polar surface area (TPSA) is 101 Å². The standard InChI is InChI=1S/C14H23N3O3S/c1-9-6-11(15)7-10(2)13(9)21(19,20)16-8-12(18)17-14(3,4)5/h6-7,16H,8,15H2,1-5H3,(H,17,18). The number of benzene rings is 1. The second-order valence-corrected chi connectivity index (χ2v) is 7.81. The third kappa shape index (κ3) is 5.02. The third-order valence-electron chi connectivity index (χ3n) is 2.69. The van der Waals surface area contributed by atoms with Crippen molar-refractivity contribution >= 4 is 21.6 Å². The van der Waals surface area contributed by atoms with Crippen LogP contribution >= 0.6 is 0 Å². The molecular weight excluding hydrogens is 290 g/mol. The summed E-state index contributed by atoms with van der Waals surface area (Å²) in [4.78, 5) is 11.9. The molecule has 4 N–H and O–H groups in total. The minimum atomic E-state index is -3.76. The molecule has 7 heteroatoms. The molecule has 0 bridgehead atoms. The molecule has 1 amide bonds. The van der Waals surface area contributed by atoms with Crippen LogP contribution in [0.4, 0.5) is 5.69 Å². The van der Waals surface area contributed by atoms with Gasteiger partial charge in [-0.25, -0.2) is 13.1 Å². The van der Waals surface area contributed by atoms with E-state index in [1.165, 1.54) is 0 Å².